The summed E-state index contributed by atoms with van der Waals surface area (Å²) in [6.07, 6.45) is 0. The van der Waals surface area contributed by atoms with Crippen molar-refractivity contribution in [1.82, 2.24) is 9.21 Å². The molecule has 0 aliphatic carbocycles. The smallest absolute Gasteiger partial charge is 0.244 e. The van der Waals surface area contributed by atoms with Gasteiger partial charge in [-0.2, -0.15) is 4.31 Å². The van der Waals surface area contributed by atoms with Crippen LogP contribution in [0.5, 0.6) is 0 Å². The summed E-state index contributed by atoms with van der Waals surface area (Å²) < 4.78 is 27.1. The molecule has 1 fully saturated rings. The summed E-state index contributed by atoms with van der Waals surface area (Å²) in [5.74, 6) is -0.171. The zero-order chi connectivity index (χ0) is 16.9. The van der Waals surface area contributed by atoms with Crippen LogP contribution < -0.4 is 0 Å². The molecule has 1 aromatic carbocycles. The first-order valence-corrected chi connectivity index (χ1v) is 8.73. The average Bonchev–Trinajstić information content (AvgIpc) is 3.14. The van der Waals surface area contributed by atoms with E-state index >= 15 is 0 Å². The van der Waals surface area contributed by atoms with Gasteiger partial charge in [-0.1, -0.05) is 38.5 Å². The average molecular weight is 324 g/mol. The monoisotopic (exact) mass is 324 g/mol. The lowest BCUT2D eigenvalue weighted by Crippen LogP contribution is -2.31. The maximum absolute atomic E-state index is 12.9. The van der Waals surface area contributed by atoms with Crippen LogP contribution in [-0.4, -0.2) is 49.7 Å². The van der Waals surface area contributed by atoms with Crippen LogP contribution in [0.25, 0.3) is 0 Å². The highest BCUT2D eigenvalue weighted by Gasteiger charge is 2.64. The fourth-order valence-corrected chi connectivity index (χ4v) is 4.61. The summed E-state index contributed by atoms with van der Waals surface area (Å²) in [6.45, 7) is 7.78. The van der Waals surface area contributed by atoms with Gasteiger partial charge in [-0.25, -0.2) is 8.42 Å². The molecule has 2 rings (SSSR count). The van der Waals surface area contributed by atoms with E-state index in [2.05, 4.69) is 0 Å². The van der Waals surface area contributed by atoms with E-state index in [1.165, 1.54) is 9.21 Å². The van der Waals surface area contributed by atoms with Gasteiger partial charge in [0.2, 0.25) is 15.9 Å². The van der Waals surface area contributed by atoms with Crippen LogP contribution in [0.2, 0.25) is 0 Å². The number of amides is 1. The highest BCUT2D eigenvalue weighted by molar-refractivity contribution is 7.89. The fourth-order valence-electron chi connectivity index (χ4n) is 2.71. The molecular formula is C16H24N2O3S. The van der Waals surface area contributed by atoms with Gasteiger partial charge in [-0.15, -0.1) is 0 Å². The number of carbonyl (C=O) groups is 1. The second-order valence-electron chi connectivity index (χ2n) is 7.14. The molecule has 1 aliphatic heterocycles. The number of hydrogen-bond acceptors (Lipinski definition) is 3. The third-order valence-corrected chi connectivity index (χ3v) is 5.81. The fraction of sp³-hybridized carbons (Fsp3) is 0.562. The van der Waals surface area contributed by atoms with Crippen molar-refractivity contribution in [3.05, 3.63) is 29.8 Å². The summed E-state index contributed by atoms with van der Waals surface area (Å²) in [4.78, 5) is 14.0. The molecule has 1 saturated heterocycles. The number of sulfonamides is 1. The predicted octanol–water partition coefficient (Wildman–Crippen LogP) is 1.87. The van der Waals surface area contributed by atoms with Crippen molar-refractivity contribution in [3.8, 4) is 0 Å². The van der Waals surface area contributed by atoms with Gasteiger partial charge < -0.3 is 4.90 Å². The normalized spacial score (nSPS) is 24.9. The maximum Gasteiger partial charge on any atom is 0.244 e. The zero-order valence-electron chi connectivity index (χ0n) is 14.0. The first-order valence-electron chi connectivity index (χ1n) is 7.29. The van der Waals surface area contributed by atoms with Gasteiger partial charge in [0.15, 0.2) is 0 Å². The van der Waals surface area contributed by atoms with Gasteiger partial charge in [-0.3, -0.25) is 4.79 Å². The lowest BCUT2D eigenvalue weighted by molar-refractivity contribution is -0.128. The van der Waals surface area contributed by atoms with Crippen LogP contribution >= 0.6 is 0 Å². The minimum atomic E-state index is -3.66. The van der Waals surface area contributed by atoms with Crippen LogP contribution in [0.3, 0.4) is 0 Å². The van der Waals surface area contributed by atoms with Crippen molar-refractivity contribution >= 4 is 15.9 Å². The maximum atomic E-state index is 12.9. The molecule has 0 aromatic heterocycles. The molecule has 1 unspecified atom stereocenters. The first kappa shape index (κ1) is 17.0. The summed E-state index contributed by atoms with van der Waals surface area (Å²) >= 11 is 0. The van der Waals surface area contributed by atoms with Crippen molar-refractivity contribution in [3.63, 3.8) is 0 Å². The molecule has 1 heterocycles. The van der Waals surface area contributed by atoms with Crippen molar-refractivity contribution < 1.29 is 13.2 Å². The predicted molar refractivity (Wildman–Crippen MR) is 85.9 cm³/mol. The Balaban J connectivity index is 2.41. The molecule has 5 nitrogen and oxygen atoms in total. The molecule has 22 heavy (non-hydrogen) atoms. The Morgan fingerprint density at radius 3 is 2.05 bits per heavy atom. The minimum absolute atomic E-state index is 0.171. The van der Waals surface area contributed by atoms with E-state index in [0.29, 0.717) is 0 Å². The molecule has 0 N–H and O–H groups in total. The van der Waals surface area contributed by atoms with Gasteiger partial charge in [0.1, 0.15) is 6.04 Å². The Hall–Kier alpha value is -1.40. The number of nitrogens with zero attached hydrogens (tertiary/aromatic N) is 2. The molecular weight excluding hydrogens is 300 g/mol. The molecule has 0 spiro atoms. The standard InChI is InChI=1S/C16H24N2O3S/c1-11-7-9-12(10-8-11)22(20,21)18-13(15(19)17(5)6)14(18)16(2,3)4/h7-10,13-14H,1-6H3/t13-,14+,18?/m0/s1. The lowest BCUT2D eigenvalue weighted by Gasteiger charge is -2.18. The number of carbonyl (C=O) groups excluding carboxylic acids is 1. The van der Waals surface area contributed by atoms with Gasteiger partial charge in [-0.05, 0) is 24.5 Å². The van der Waals surface area contributed by atoms with Crippen molar-refractivity contribution in [2.45, 2.75) is 44.7 Å². The molecule has 0 saturated carbocycles. The summed E-state index contributed by atoms with van der Waals surface area (Å²) in [5, 5.41) is 0. The van der Waals surface area contributed by atoms with Crippen molar-refractivity contribution in [2.24, 2.45) is 5.41 Å². The number of rotatable bonds is 3. The van der Waals surface area contributed by atoms with E-state index in [1.54, 1.807) is 38.4 Å². The third kappa shape index (κ3) is 2.90. The molecule has 1 aliphatic rings. The van der Waals surface area contributed by atoms with Crippen molar-refractivity contribution in [1.29, 1.82) is 0 Å². The molecule has 122 valence electrons. The summed E-state index contributed by atoms with van der Waals surface area (Å²) in [6, 6.07) is 5.81. The van der Waals surface area contributed by atoms with E-state index in [4.69, 9.17) is 0 Å². The summed E-state index contributed by atoms with van der Waals surface area (Å²) in [7, 11) is -0.357. The second-order valence-corrected chi connectivity index (χ2v) is 8.98. The number of likely N-dealkylation sites (N-methyl/N-ethyl adjacent to an activating group) is 1. The largest absolute Gasteiger partial charge is 0.347 e. The quantitative estimate of drug-likeness (QED) is 0.798. The second kappa shape index (κ2) is 5.35. The minimum Gasteiger partial charge on any atom is -0.347 e. The number of hydrogen-bond donors (Lipinski definition) is 0. The summed E-state index contributed by atoms with van der Waals surface area (Å²) in [5.41, 5.74) is 0.701. The molecule has 0 radical (unpaired) electrons. The highest BCUT2D eigenvalue weighted by atomic mass is 32.2. The SMILES string of the molecule is Cc1ccc(S(=O)(=O)N2[C@H](C(=O)N(C)C)[C@@H]2C(C)(C)C)cc1. The Bertz CT molecular complexity index is 672. The third-order valence-electron chi connectivity index (χ3n) is 3.94. The Kier molecular flexibility index (Phi) is 4.13. The highest BCUT2D eigenvalue weighted by Crippen LogP contribution is 2.46. The van der Waals surface area contributed by atoms with Crippen LogP contribution in [0.4, 0.5) is 0 Å². The lowest BCUT2D eigenvalue weighted by atomic mass is 9.90. The van der Waals surface area contributed by atoms with E-state index in [-0.39, 0.29) is 22.3 Å². The van der Waals surface area contributed by atoms with Gasteiger partial charge in [0, 0.05) is 14.1 Å². The van der Waals surface area contributed by atoms with E-state index < -0.39 is 16.1 Å². The number of benzene rings is 1. The number of aryl methyl sites for hydroxylation is 1. The first-order chi connectivity index (χ1) is 9.98. The Morgan fingerprint density at radius 2 is 1.64 bits per heavy atom. The van der Waals surface area contributed by atoms with E-state index in [0.717, 1.165) is 5.56 Å². The Morgan fingerprint density at radius 1 is 1.14 bits per heavy atom. The molecule has 0 bridgehead atoms. The molecule has 1 aromatic rings. The topological polar surface area (TPSA) is 57.5 Å². The van der Waals surface area contributed by atoms with Gasteiger partial charge >= 0.3 is 0 Å². The molecule has 3 atom stereocenters. The van der Waals surface area contributed by atoms with Crippen LogP contribution in [-0.2, 0) is 14.8 Å². The molecule has 6 heteroatoms. The van der Waals surface area contributed by atoms with Crippen molar-refractivity contribution in [2.75, 3.05) is 14.1 Å². The zero-order valence-corrected chi connectivity index (χ0v) is 14.8. The Labute approximate surface area is 133 Å². The van der Waals surface area contributed by atoms with Crippen LogP contribution in [0, 0.1) is 12.3 Å². The van der Waals surface area contributed by atoms with E-state index in [1.807, 2.05) is 27.7 Å². The molecule has 1 amide bonds. The van der Waals surface area contributed by atoms with Gasteiger partial charge in [0.25, 0.3) is 0 Å². The van der Waals surface area contributed by atoms with Gasteiger partial charge in [0.05, 0.1) is 10.9 Å². The van der Waals surface area contributed by atoms with Crippen LogP contribution in [0.1, 0.15) is 26.3 Å². The van der Waals surface area contributed by atoms with Crippen LogP contribution in [0.15, 0.2) is 29.2 Å². The van der Waals surface area contributed by atoms with E-state index in [9.17, 15) is 13.2 Å².